The highest BCUT2D eigenvalue weighted by molar-refractivity contribution is 5.98. The van der Waals surface area contributed by atoms with Crippen molar-refractivity contribution in [1.82, 2.24) is 9.88 Å². The number of carbonyl (C=O) groups is 2. The van der Waals surface area contributed by atoms with Crippen LogP contribution in [-0.2, 0) is 4.79 Å². The summed E-state index contributed by atoms with van der Waals surface area (Å²) in [4.78, 5) is 27.4. The predicted molar refractivity (Wildman–Crippen MR) is 72.1 cm³/mol. The zero-order valence-electron chi connectivity index (χ0n) is 10.9. The van der Waals surface area contributed by atoms with Crippen molar-refractivity contribution in [2.45, 2.75) is 6.92 Å². The maximum atomic E-state index is 12.2. The molecule has 0 radical (unpaired) electrons. The van der Waals surface area contributed by atoms with Crippen LogP contribution in [0.15, 0.2) is 30.3 Å². The van der Waals surface area contributed by atoms with Gasteiger partial charge in [0.15, 0.2) is 0 Å². The first kappa shape index (κ1) is 13.1. The molecule has 19 heavy (non-hydrogen) atoms. The first-order valence-electron chi connectivity index (χ1n) is 6.05. The zero-order chi connectivity index (χ0) is 14.0. The number of fused-ring (bicyclic) bond motifs is 1. The minimum atomic E-state index is -0.906. The van der Waals surface area contributed by atoms with Crippen molar-refractivity contribution in [3.63, 3.8) is 0 Å². The van der Waals surface area contributed by atoms with E-state index < -0.39 is 11.9 Å². The lowest BCUT2D eigenvalue weighted by atomic mass is 10.1. The van der Waals surface area contributed by atoms with Gasteiger partial charge in [0.05, 0.1) is 5.92 Å². The number of hydrogen-bond donors (Lipinski definition) is 2. The summed E-state index contributed by atoms with van der Waals surface area (Å²) in [5.41, 5.74) is 1.37. The summed E-state index contributed by atoms with van der Waals surface area (Å²) in [5.74, 6) is -1.70. The predicted octanol–water partition coefficient (Wildman–Crippen LogP) is 1.96. The molecule has 0 aliphatic rings. The van der Waals surface area contributed by atoms with E-state index in [1.54, 1.807) is 20.0 Å². The molecule has 0 fully saturated rings. The third-order valence-electron chi connectivity index (χ3n) is 3.08. The number of rotatable bonds is 4. The van der Waals surface area contributed by atoms with E-state index in [1.165, 1.54) is 4.90 Å². The van der Waals surface area contributed by atoms with Gasteiger partial charge in [0.25, 0.3) is 5.91 Å². The SMILES string of the molecule is CC(CN(C)C(=O)c1cc2ccccc2[nH]1)C(=O)O. The Morgan fingerprint density at radius 1 is 1.37 bits per heavy atom. The number of H-pyrrole nitrogens is 1. The molecule has 1 atom stereocenters. The van der Waals surface area contributed by atoms with E-state index >= 15 is 0 Å². The molecule has 1 aromatic carbocycles. The highest BCUT2D eigenvalue weighted by atomic mass is 16.4. The van der Waals surface area contributed by atoms with E-state index in [0.29, 0.717) is 5.69 Å². The number of carbonyl (C=O) groups excluding carboxylic acids is 1. The number of carboxylic acids is 1. The highest BCUT2D eigenvalue weighted by Crippen LogP contribution is 2.16. The molecule has 100 valence electrons. The summed E-state index contributed by atoms with van der Waals surface area (Å²) in [6.45, 7) is 1.76. The number of aromatic nitrogens is 1. The molecule has 2 N–H and O–H groups in total. The van der Waals surface area contributed by atoms with Crippen LogP contribution in [0.1, 0.15) is 17.4 Å². The molecule has 1 unspecified atom stereocenters. The molecule has 5 heteroatoms. The van der Waals surface area contributed by atoms with Crippen molar-refractivity contribution in [3.8, 4) is 0 Å². The lowest BCUT2D eigenvalue weighted by Gasteiger charge is -2.18. The zero-order valence-corrected chi connectivity index (χ0v) is 10.9. The fraction of sp³-hybridized carbons (Fsp3) is 0.286. The number of carboxylic acid groups (broad SMARTS) is 1. The van der Waals surface area contributed by atoms with Gasteiger partial charge in [-0.05, 0) is 12.1 Å². The maximum absolute atomic E-state index is 12.2. The number of amides is 1. The summed E-state index contributed by atoms with van der Waals surface area (Å²) in [6.07, 6.45) is 0. The van der Waals surface area contributed by atoms with E-state index in [4.69, 9.17) is 5.11 Å². The van der Waals surface area contributed by atoms with Crippen LogP contribution in [0.3, 0.4) is 0 Å². The van der Waals surface area contributed by atoms with Crippen molar-refractivity contribution >= 4 is 22.8 Å². The number of nitrogens with one attached hydrogen (secondary N) is 1. The number of aromatic amines is 1. The summed E-state index contributed by atoms with van der Waals surface area (Å²) < 4.78 is 0. The van der Waals surface area contributed by atoms with Crippen molar-refractivity contribution in [2.75, 3.05) is 13.6 Å². The van der Waals surface area contributed by atoms with Gasteiger partial charge < -0.3 is 15.0 Å². The Kier molecular flexibility index (Phi) is 3.55. The molecule has 0 aliphatic carbocycles. The quantitative estimate of drug-likeness (QED) is 0.882. The Balaban J connectivity index is 2.16. The Bertz CT molecular complexity index is 585. The Morgan fingerprint density at radius 3 is 2.68 bits per heavy atom. The standard InChI is InChI=1S/C14H16N2O3/c1-9(14(18)19)8-16(2)13(17)12-7-10-5-3-4-6-11(10)15-12/h3-7,9,15H,8H2,1-2H3,(H,18,19). The van der Waals surface area contributed by atoms with Gasteiger partial charge in [0, 0.05) is 24.5 Å². The molecule has 1 amide bonds. The lowest BCUT2D eigenvalue weighted by Crippen LogP contribution is -2.33. The third kappa shape index (κ3) is 2.76. The second kappa shape index (κ2) is 5.14. The number of para-hydroxylation sites is 1. The summed E-state index contributed by atoms with van der Waals surface area (Å²) in [5, 5.41) is 9.82. The first-order valence-corrected chi connectivity index (χ1v) is 6.05. The minimum Gasteiger partial charge on any atom is -0.481 e. The van der Waals surface area contributed by atoms with Crippen LogP contribution in [0.25, 0.3) is 10.9 Å². The molecule has 1 heterocycles. The summed E-state index contributed by atoms with van der Waals surface area (Å²) in [7, 11) is 1.60. The van der Waals surface area contributed by atoms with Gasteiger partial charge in [-0.3, -0.25) is 9.59 Å². The third-order valence-corrected chi connectivity index (χ3v) is 3.08. The minimum absolute atomic E-state index is 0.184. The van der Waals surface area contributed by atoms with Gasteiger partial charge in [-0.1, -0.05) is 25.1 Å². The molecule has 1 aromatic heterocycles. The van der Waals surface area contributed by atoms with Crippen molar-refractivity contribution in [3.05, 3.63) is 36.0 Å². The second-order valence-corrected chi connectivity index (χ2v) is 4.70. The van der Waals surface area contributed by atoms with Crippen LogP contribution in [0.5, 0.6) is 0 Å². The summed E-state index contributed by atoms with van der Waals surface area (Å²) in [6, 6.07) is 9.39. The average molecular weight is 260 g/mol. The molecule has 0 saturated heterocycles. The molecular formula is C14H16N2O3. The van der Waals surface area contributed by atoms with Gasteiger partial charge >= 0.3 is 5.97 Å². The fourth-order valence-electron chi connectivity index (χ4n) is 1.97. The van der Waals surface area contributed by atoms with E-state index in [-0.39, 0.29) is 12.5 Å². The van der Waals surface area contributed by atoms with Crippen LogP contribution < -0.4 is 0 Å². The molecule has 0 aliphatic heterocycles. The van der Waals surface area contributed by atoms with E-state index in [2.05, 4.69) is 4.98 Å². The van der Waals surface area contributed by atoms with E-state index in [0.717, 1.165) is 10.9 Å². The van der Waals surface area contributed by atoms with E-state index in [9.17, 15) is 9.59 Å². The molecule has 2 rings (SSSR count). The first-order chi connectivity index (χ1) is 8.99. The van der Waals surface area contributed by atoms with Crippen LogP contribution >= 0.6 is 0 Å². The van der Waals surface area contributed by atoms with Gasteiger partial charge in [-0.25, -0.2) is 0 Å². The van der Waals surface area contributed by atoms with Gasteiger partial charge in [-0.2, -0.15) is 0 Å². The Hall–Kier alpha value is -2.30. The summed E-state index contributed by atoms with van der Waals surface area (Å²) >= 11 is 0. The average Bonchev–Trinajstić information content (AvgIpc) is 2.81. The number of hydrogen-bond acceptors (Lipinski definition) is 2. The molecule has 5 nitrogen and oxygen atoms in total. The lowest BCUT2D eigenvalue weighted by molar-refractivity contribution is -0.141. The number of benzene rings is 1. The Labute approximate surface area is 110 Å². The normalized spacial score (nSPS) is 12.3. The van der Waals surface area contributed by atoms with Crippen molar-refractivity contribution in [2.24, 2.45) is 5.92 Å². The van der Waals surface area contributed by atoms with Gasteiger partial charge in [0.1, 0.15) is 5.69 Å². The number of aliphatic carboxylic acids is 1. The monoisotopic (exact) mass is 260 g/mol. The topological polar surface area (TPSA) is 73.4 Å². The Morgan fingerprint density at radius 2 is 2.05 bits per heavy atom. The smallest absolute Gasteiger partial charge is 0.308 e. The van der Waals surface area contributed by atoms with Gasteiger partial charge in [-0.15, -0.1) is 0 Å². The van der Waals surface area contributed by atoms with Crippen LogP contribution in [-0.4, -0.2) is 40.5 Å². The van der Waals surface area contributed by atoms with Gasteiger partial charge in [0.2, 0.25) is 0 Å². The molecule has 0 saturated carbocycles. The fourth-order valence-corrected chi connectivity index (χ4v) is 1.97. The second-order valence-electron chi connectivity index (χ2n) is 4.70. The highest BCUT2D eigenvalue weighted by Gasteiger charge is 2.19. The molecule has 2 aromatic rings. The van der Waals surface area contributed by atoms with Crippen molar-refractivity contribution < 1.29 is 14.7 Å². The number of nitrogens with zero attached hydrogens (tertiary/aromatic N) is 1. The molecule has 0 spiro atoms. The largest absolute Gasteiger partial charge is 0.481 e. The van der Waals surface area contributed by atoms with E-state index in [1.807, 2.05) is 24.3 Å². The van der Waals surface area contributed by atoms with Crippen LogP contribution in [0.4, 0.5) is 0 Å². The molecular weight excluding hydrogens is 244 g/mol. The molecule has 0 bridgehead atoms. The maximum Gasteiger partial charge on any atom is 0.308 e. The van der Waals surface area contributed by atoms with Crippen molar-refractivity contribution in [1.29, 1.82) is 0 Å². The van der Waals surface area contributed by atoms with Crippen LogP contribution in [0, 0.1) is 5.92 Å². The van der Waals surface area contributed by atoms with Crippen LogP contribution in [0.2, 0.25) is 0 Å².